The van der Waals surface area contributed by atoms with Crippen LogP contribution in [0.2, 0.25) is 0 Å². The van der Waals surface area contributed by atoms with Gasteiger partial charge in [0.2, 0.25) is 23.6 Å². The van der Waals surface area contributed by atoms with Gasteiger partial charge in [-0.2, -0.15) is 0 Å². The summed E-state index contributed by atoms with van der Waals surface area (Å²) in [5.41, 5.74) is 5.78. The quantitative estimate of drug-likeness (QED) is 0.0524. The van der Waals surface area contributed by atoms with Gasteiger partial charge in [0.25, 0.3) is 0 Å². The van der Waals surface area contributed by atoms with Crippen LogP contribution in [0.5, 0.6) is 0 Å². The van der Waals surface area contributed by atoms with Crippen molar-refractivity contribution in [3.8, 4) is 45.6 Å². The molecule has 16 nitrogen and oxygen atoms in total. The predicted molar refractivity (Wildman–Crippen MR) is 334 cm³/mol. The van der Waals surface area contributed by atoms with E-state index in [4.69, 9.17) is 39.9 Å². The van der Waals surface area contributed by atoms with Crippen molar-refractivity contribution in [1.82, 2.24) is 61.1 Å². The van der Waals surface area contributed by atoms with Gasteiger partial charge in [0.05, 0.1) is 23.3 Å². The van der Waals surface area contributed by atoms with Gasteiger partial charge in [-0.3, -0.25) is 19.2 Å². The van der Waals surface area contributed by atoms with Crippen LogP contribution >= 0.6 is 0 Å². The number of hydrogen-bond donors (Lipinski definition) is 4. The number of amides is 4. The normalized spacial score (nSPS) is 9.98. The first kappa shape index (κ1) is 73.6. The zero-order chi connectivity index (χ0) is 54.7. The number of fused-ring (bicyclic) bond motifs is 20. The Kier molecular flexibility index (Phi) is 36.3. The Balaban J connectivity index is 0.00000129. The van der Waals surface area contributed by atoms with E-state index in [9.17, 15) is 19.2 Å². The molecule has 4 aromatic carbocycles. The summed E-state index contributed by atoms with van der Waals surface area (Å²) in [5.74, 6) is 2.51. The molecule has 2 aliphatic rings. The number of carbonyl (C=O) groups is 4. The largest absolute Gasteiger partial charge is 0.357 e. The van der Waals surface area contributed by atoms with Crippen LogP contribution in [0.3, 0.4) is 0 Å². The molecule has 0 aliphatic carbocycles. The van der Waals surface area contributed by atoms with E-state index < -0.39 is 0 Å². The second-order valence-electron chi connectivity index (χ2n) is 18.4. The van der Waals surface area contributed by atoms with Crippen LogP contribution in [-0.4, -0.2) is 79.7 Å². The van der Waals surface area contributed by atoms with Crippen molar-refractivity contribution in [3.63, 3.8) is 0 Å². The summed E-state index contributed by atoms with van der Waals surface area (Å²) in [5, 5.41) is 14.5. The second-order valence-corrected chi connectivity index (χ2v) is 18.4. The zero-order valence-corrected chi connectivity index (χ0v) is 47.0. The maximum absolute atomic E-state index is 10.3. The molecule has 3 aromatic heterocycles. The van der Waals surface area contributed by atoms with Crippen LogP contribution in [0.25, 0.3) is 89.7 Å². The zero-order valence-electron chi connectivity index (χ0n) is 46.1. The van der Waals surface area contributed by atoms with Gasteiger partial charge >= 0.3 is 0 Å². The van der Waals surface area contributed by atoms with E-state index in [0.717, 1.165) is 95.7 Å². The number of unbranched alkanes of at least 4 members (excludes halogenated alkanes) is 8. The Hall–Kier alpha value is -7.36. The van der Waals surface area contributed by atoms with Crippen molar-refractivity contribution in [2.45, 2.75) is 162 Å². The van der Waals surface area contributed by atoms with E-state index in [2.05, 4.69) is 49.0 Å². The van der Waals surface area contributed by atoms with Crippen LogP contribution in [0, 0.1) is 0 Å². The predicted octanol–water partition coefficient (Wildman–Crippen LogP) is 13.9. The minimum atomic E-state index is 0. The Morgan fingerprint density at radius 2 is 0.531 bits per heavy atom. The smallest absolute Gasteiger partial charge is 0.216 e. The maximum Gasteiger partial charge on any atom is 0.216 e. The Labute approximate surface area is 493 Å². The fourth-order valence-electron chi connectivity index (χ4n) is 8.02. The fourth-order valence-corrected chi connectivity index (χ4v) is 8.02. The summed E-state index contributed by atoms with van der Waals surface area (Å²) < 4.78 is 0. The summed E-state index contributed by atoms with van der Waals surface area (Å²) in [6.45, 7) is 18.1. The van der Waals surface area contributed by atoms with Crippen molar-refractivity contribution < 1.29 is 36.2 Å². The summed E-state index contributed by atoms with van der Waals surface area (Å²) in [6, 6.07) is 31.8. The van der Waals surface area contributed by atoms with Crippen molar-refractivity contribution in [1.29, 1.82) is 0 Å². The minimum absolute atomic E-state index is 0. The van der Waals surface area contributed by atoms with Crippen LogP contribution < -0.4 is 31.2 Å². The molecule has 7 aromatic rings. The number of rotatable bonds is 16. The number of hydrogen-bond acceptors (Lipinski definition) is 10. The van der Waals surface area contributed by atoms with Gasteiger partial charge < -0.3 is 51.2 Å². The van der Waals surface area contributed by atoms with Gasteiger partial charge in [0, 0.05) is 116 Å². The number of aromatic nitrogens is 8. The second kappa shape index (κ2) is 39.9. The Bertz CT molecular complexity index is 2760. The standard InChI is InChI=1S/C32H16N8.4C7H15NO.4CH4.Cu/c1-2-10-18-17(9-1)25-33-26(18)38-28-21-13-5-6-14-22(21)30(35-28)40-32-24-16-8-7-15-23(24)31(36-32)39-29-20-12-4-3-11-19(20)27(34-29)37-25;4*1-3-4-5-6-8-7(2)9;;;;;/h1-16H;4*3-6H2,1-2H3,(H,8,9);4*1H4;/q-2;;;;;;;;;. The van der Waals surface area contributed by atoms with Crippen LogP contribution in [-0.2, 0) is 36.2 Å². The Morgan fingerprint density at radius 1 is 0.333 bits per heavy atom. The summed E-state index contributed by atoms with van der Waals surface area (Å²) in [4.78, 5) is 80.5. The monoisotopic (exact) mass is 1160 g/mol. The van der Waals surface area contributed by atoms with E-state index in [-0.39, 0.29) is 70.4 Å². The van der Waals surface area contributed by atoms with Gasteiger partial charge in [-0.1, -0.05) is 206 Å². The molecule has 4 amide bonds. The van der Waals surface area contributed by atoms with E-state index in [0.29, 0.717) is 45.9 Å². The molecule has 17 heteroatoms. The molecule has 81 heavy (non-hydrogen) atoms. The van der Waals surface area contributed by atoms with Crippen molar-refractivity contribution in [2.24, 2.45) is 0 Å². The van der Waals surface area contributed by atoms with Gasteiger partial charge in [0.15, 0.2) is 0 Å². The van der Waals surface area contributed by atoms with Crippen molar-refractivity contribution in [3.05, 3.63) is 97.1 Å². The first-order valence-electron chi connectivity index (χ1n) is 26.9. The summed E-state index contributed by atoms with van der Waals surface area (Å²) >= 11 is 0. The van der Waals surface area contributed by atoms with Crippen LogP contribution in [0.1, 0.15) is 162 Å². The third kappa shape index (κ3) is 23.3. The van der Waals surface area contributed by atoms with Gasteiger partial charge in [0.1, 0.15) is 0 Å². The van der Waals surface area contributed by atoms with E-state index in [1.165, 1.54) is 51.4 Å². The molecule has 0 atom stereocenters. The molecule has 0 fully saturated rings. The van der Waals surface area contributed by atoms with Gasteiger partial charge in [-0.25, -0.2) is 9.97 Å². The van der Waals surface area contributed by atoms with Crippen LogP contribution in [0.4, 0.5) is 0 Å². The molecule has 0 spiro atoms. The fraction of sp³-hybridized carbons (Fsp3) is 0.438. The minimum Gasteiger partial charge on any atom is -0.357 e. The molecule has 8 bridgehead atoms. The summed E-state index contributed by atoms with van der Waals surface area (Å²) in [6.07, 6.45) is 14.1. The molecule has 0 saturated carbocycles. The SMILES string of the molecule is C.C.C.C.CCCCCNC(C)=O.CCCCCNC(C)=O.CCCCCNC(C)=O.CCCCCNC(C)=O.[Cu].c1ccc2c(c1)-c1nc-2nc2[n-]c(nc3nc(nc4[n-]c(n1)c1ccccc41)-c1ccccc1-3)c1ccccc21. The molecular weight excluding hydrogens is 1060 g/mol. The summed E-state index contributed by atoms with van der Waals surface area (Å²) in [7, 11) is 0. The van der Waals surface area contributed by atoms with E-state index in [1.807, 2.05) is 97.1 Å². The average Bonchev–Trinajstić information content (AvgIpc) is 4.16. The topological polar surface area (TPSA) is 222 Å². The molecule has 2 aliphatic heterocycles. The van der Waals surface area contributed by atoms with Gasteiger partial charge in [-0.05, 0) is 47.2 Å². The van der Waals surface area contributed by atoms with Crippen molar-refractivity contribution in [2.75, 3.05) is 26.2 Å². The molecule has 9 rings (SSSR count). The molecule has 4 N–H and O–H groups in total. The average molecular weight is 1160 g/mol. The molecule has 445 valence electrons. The number of benzene rings is 4. The number of nitrogens with one attached hydrogen (secondary N) is 4. The number of carbonyl (C=O) groups excluding carboxylic acids is 4. The number of nitrogens with zero attached hydrogens (tertiary/aromatic N) is 8. The molecule has 5 heterocycles. The maximum atomic E-state index is 10.3. The molecule has 0 saturated heterocycles. The van der Waals surface area contributed by atoms with E-state index >= 15 is 0 Å². The first-order valence-corrected chi connectivity index (χ1v) is 26.9. The molecular formula is C64H92CuN12O4-2. The molecule has 1 radical (unpaired) electrons. The Morgan fingerprint density at radius 3 is 0.716 bits per heavy atom. The van der Waals surface area contributed by atoms with Gasteiger partial charge in [-0.15, -0.1) is 0 Å². The third-order valence-electron chi connectivity index (χ3n) is 11.9. The first-order chi connectivity index (χ1) is 36.9. The van der Waals surface area contributed by atoms with E-state index in [1.54, 1.807) is 27.7 Å². The van der Waals surface area contributed by atoms with Crippen LogP contribution in [0.15, 0.2) is 97.1 Å². The van der Waals surface area contributed by atoms with Crippen molar-refractivity contribution >= 4 is 67.8 Å². The third-order valence-corrected chi connectivity index (χ3v) is 11.9. The molecule has 0 unspecified atom stereocenters.